The number of hydrogen-bond donors (Lipinski definition) is 3. The fourth-order valence-corrected chi connectivity index (χ4v) is 1.36. The highest BCUT2D eigenvalue weighted by Crippen LogP contribution is 2.29. The van der Waals surface area contributed by atoms with E-state index in [2.05, 4.69) is 5.32 Å². The molecule has 0 radical (unpaired) electrons. The van der Waals surface area contributed by atoms with E-state index in [4.69, 9.17) is 11.5 Å². The first-order valence-corrected chi connectivity index (χ1v) is 5.59. The zero-order valence-electron chi connectivity index (χ0n) is 10.6. The molecule has 110 valence electrons. The van der Waals surface area contributed by atoms with Crippen molar-refractivity contribution in [2.24, 2.45) is 11.5 Å². The van der Waals surface area contributed by atoms with Gasteiger partial charge in [-0.15, -0.1) is 0 Å². The molecule has 8 heteroatoms. The van der Waals surface area contributed by atoms with Crippen LogP contribution in [0.15, 0.2) is 24.3 Å². The monoisotopic (exact) mass is 289 g/mol. The molecule has 0 fully saturated rings. The maximum absolute atomic E-state index is 12.6. The highest BCUT2D eigenvalue weighted by atomic mass is 19.4. The number of hydrogen-bond acceptors (Lipinski definition) is 3. The Labute approximate surface area is 113 Å². The van der Waals surface area contributed by atoms with Crippen LogP contribution in [0.2, 0.25) is 0 Å². The van der Waals surface area contributed by atoms with Gasteiger partial charge in [0.25, 0.3) is 5.91 Å². The minimum Gasteiger partial charge on any atom is -0.369 e. The molecule has 5 N–H and O–H groups in total. The Morgan fingerprint density at radius 1 is 1.25 bits per heavy atom. The third kappa shape index (κ3) is 3.47. The number of carbonyl (C=O) groups is 2. The quantitative estimate of drug-likeness (QED) is 0.769. The summed E-state index contributed by atoms with van der Waals surface area (Å²) in [6.07, 6.45) is -5.10. The second-order valence-corrected chi connectivity index (χ2v) is 4.45. The number of carbonyl (C=O) groups excluding carboxylic acids is 2. The Morgan fingerprint density at radius 3 is 2.30 bits per heavy atom. The minimum absolute atomic E-state index is 0.0669. The molecule has 20 heavy (non-hydrogen) atoms. The van der Waals surface area contributed by atoms with Crippen LogP contribution in [0.25, 0.3) is 0 Å². The Kier molecular flexibility index (Phi) is 4.39. The smallest absolute Gasteiger partial charge is 0.369 e. The van der Waals surface area contributed by atoms with E-state index in [1.54, 1.807) is 6.07 Å². The number of alkyl halides is 3. The van der Waals surface area contributed by atoms with Crippen LogP contribution in [-0.4, -0.2) is 23.5 Å². The lowest BCUT2D eigenvalue weighted by Gasteiger charge is -2.26. The first-order chi connectivity index (χ1) is 9.05. The molecule has 1 rings (SSSR count). The summed E-state index contributed by atoms with van der Waals surface area (Å²) in [7, 11) is 0. The van der Waals surface area contributed by atoms with E-state index in [1.807, 2.05) is 0 Å². The zero-order valence-corrected chi connectivity index (χ0v) is 10.6. The first kappa shape index (κ1) is 16.0. The van der Waals surface area contributed by atoms with Gasteiger partial charge in [-0.3, -0.25) is 9.59 Å². The van der Waals surface area contributed by atoms with Crippen LogP contribution in [-0.2, 0) is 16.0 Å². The number of halogens is 3. The van der Waals surface area contributed by atoms with Gasteiger partial charge >= 0.3 is 6.18 Å². The predicted octanol–water partition coefficient (Wildman–Crippen LogP) is 0.933. The molecule has 0 aromatic heterocycles. The van der Waals surface area contributed by atoms with Crippen LogP contribution in [0.1, 0.15) is 12.5 Å². The average Bonchev–Trinajstić information content (AvgIpc) is 2.29. The average molecular weight is 289 g/mol. The molecule has 0 aliphatic carbocycles. The molecule has 0 saturated heterocycles. The van der Waals surface area contributed by atoms with Crippen molar-refractivity contribution < 1.29 is 22.8 Å². The molecule has 0 aliphatic rings. The van der Waals surface area contributed by atoms with Gasteiger partial charge in [-0.05, 0) is 18.6 Å². The first-order valence-electron chi connectivity index (χ1n) is 5.59. The number of nitrogens with one attached hydrogen (secondary N) is 1. The van der Waals surface area contributed by atoms with E-state index < -0.39 is 23.5 Å². The fraction of sp³-hybridized carbons (Fsp3) is 0.333. The van der Waals surface area contributed by atoms with Gasteiger partial charge in [-0.2, -0.15) is 13.2 Å². The predicted molar refractivity (Wildman–Crippen MR) is 66.6 cm³/mol. The highest BCUT2D eigenvalue weighted by molar-refractivity contribution is 5.99. The van der Waals surface area contributed by atoms with E-state index >= 15 is 0 Å². The Hall–Kier alpha value is -2.09. The van der Waals surface area contributed by atoms with Crippen LogP contribution < -0.4 is 16.8 Å². The molecule has 0 saturated carbocycles. The van der Waals surface area contributed by atoms with E-state index in [1.165, 1.54) is 18.2 Å². The van der Waals surface area contributed by atoms with E-state index in [0.717, 1.165) is 0 Å². The summed E-state index contributed by atoms with van der Waals surface area (Å²) in [6, 6.07) is 5.91. The number of benzene rings is 1. The van der Waals surface area contributed by atoms with Gasteiger partial charge in [0.15, 0.2) is 5.54 Å². The number of primary amides is 1. The molecule has 0 bridgehead atoms. The third-order valence-electron chi connectivity index (χ3n) is 2.69. The maximum Gasteiger partial charge on any atom is 0.415 e. The van der Waals surface area contributed by atoms with Crippen molar-refractivity contribution in [3.63, 3.8) is 0 Å². The van der Waals surface area contributed by atoms with E-state index in [0.29, 0.717) is 12.5 Å². The number of anilines is 1. The van der Waals surface area contributed by atoms with Crippen molar-refractivity contribution in [3.8, 4) is 0 Å². The summed E-state index contributed by atoms with van der Waals surface area (Å²) in [5.41, 5.74) is 7.37. The van der Waals surface area contributed by atoms with Gasteiger partial charge in [0.2, 0.25) is 5.91 Å². The van der Waals surface area contributed by atoms with Crippen molar-refractivity contribution in [1.82, 2.24) is 0 Å². The van der Waals surface area contributed by atoms with Crippen molar-refractivity contribution in [2.75, 3.05) is 5.32 Å². The molecule has 2 amide bonds. The maximum atomic E-state index is 12.6. The van der Waals surface area contributed by atoms with Gasteiger partial charge in [0.05, 0.1) is 6.42 Å². The van der Waals surface area contributed by atoms with Gasteiger partial charge in [-0.25, -0.2) is 0 Å². The number of amides is 2. The molecule has 1 aromatic rings. The van der Waals surface area contributed by atoms with Crippen molar-refractivity contribution in [3.05, 3.63) is 29.8 Å². The summed E-state index contributed by atoms with van der Waals surface area (Å²) in [4.78, 5) is 22.5. The number of nitrogens with two attached hydrogens (primary N) is 2. The Bertz CT molecular complexity index is 527. The molecule has 0 aliphatic heterocycles. The van der Waals surface area contributed by atoms with Gasteiger partial charge in [0.1, 0.15) is 0 Å². The summed E-state index contributed by atoms with van der Waals surface area (Å²) in [6.45, 7) is 0.568. The lowest BCUT2D eigenvalue weighted by Crippen LogP contribution is -2.59. The Morgan fingerprint density at radius 2 is 1.80 bits per heavy atom. The lowest BCUT2D eigenvalue weighted by atomic mass is 10.0. The molecule has 5 nitrogen and oxygen atoms in total. The van der Waals surface area contributed by atoms with E-state index in [9.17, 15) is 22.8 Å². The summed E-state index contributed by atoms with van der Waals surface area (Å²) >= 11 is 0. The minimum atomic E-state index is -4.89. The number of rotatable bonds is 4. The summed E-state index contributed by atoms with van der Waals surface area (Å²) < 4.78 is 37.9. The largest absolute Gasteiger partial charge is 0.415 e. The molecular formula is C12H14F3N3O2. The van der Waals surface area contributed by atoms with Crippen LogP contribution in [0, 0.1) is 0 Å². The van der Waals surface area contributed by atoms with Crippen LogP contribution >= 0.6 is 0 Å². The van der Waals surface area contributed by atoms with Crippen LogP contribution in [0.3, 0.4) is 0 Å². The fourth-order valence-electron chi connectivity index (χ4n) is 1.36. The number of para-hydroxylation sites is 1. The lowest BCUT2D eigenvalue weighted by molar-refractivity contribution is -0.184. The zero-order chi connectivity index (χ0) is 15.6. The third-order valence-corrected chi connectivity index (χ3v) is 2.69. The molecule has 0 spiro atoms. The second-order valence-electron chi connectivity index (χ2n) is 4.45. The second kappa shape index (κ2) is 5.49. The van der Waals surface area contributed by atoms with E-state index in [-0.39, 0.29) is 12.1 Å². The molecule has 1 atom stereocenters. The summed E-state index contributed by atoms with van der Waals surface area (Å²) in [5.74, 6) is -2.08. The topological polar surface area (TPSA) is 98.2 Å². The molecule has 1 aromatic carbocycles. The van der Waals surface area contributed by atoms with Crippen molar-refractivity contribution >= 4 is 17.5 Å². The van der Waals surface area contributed by atoms with Gasteiger partial charge < -0.3 is 16.8 Å². The molecule has 1 unspecified atom stereocenters. The molecule has 0 heterocycles. The molecular weight excluding hydrogens is 275 g/mol. The SMILES string of the molecule is CC(N)(C(=O)Nc1ccccc1CC(N)=O)C(F)(F)F. The van der Waals surface area contributed by atoms with Gasteiger partial charge in [0, 0.05) is 5.69 Å². The standard InChI is InChI=1S/C12H14F3N3O2/c1-11(17,12(13,14)15)10(20)18-8-5-3-2-4-7(8)6-9(16)19/h2-5H,6,17H2,1H3,(H2,16,19)(H,18,20). The highest BCUT2D eigenvalue weighted by Gasteiger charge is 2.54. The normalized spacial score (nSPS) is 14.4. The summed E-state index contributed by atoms with van der Waals surface area (Å²) in [5, 5.41) is 2.07. The van der Waals surface area contributed by atoms with Crippen LogP contribution in [0.5, 0.6) is 0 Å². The van der Waals surface area contributed by atoms with Crippen LogP contribution in [0.4, 0.5) is 18.9 Å². The van der Waals surface area contributed by atoms with Crippen molar-refractivity contribution in [1.29, 1.82) is 0 Å². The van der Waals surface area contributed by atoms with Gasteiger partial charge in [-0.1, -0.05) is 18.2 Å². The van der Waals surface area contributed by atoms with Crippen molar-refractivity contribution in [2.45, 2.75) is 25.1 Å². The Balaban J connectivity index is 3.00.